The zero-order chi connectivity index (χ0) is 15.6. The normalized spacial score (nSPS) is 17.5. The predicted molar refractivity (Wildman–Crippen MR) is 87.6 cm³/mol. The highest BCUT2D eigenvalue weighted by molar-refractivity contribution is 7.17. The first-order valence-corrected chi connectivity index (χ1v) is 8.40. The molecule has 2 aromatic rings. The summed E-state index contributed by atoms with van der Waals surface area (Å²) in [5, 5.41) is 0.940. The Morgan fingerprint density at radius 2 is 2.00 bits per heavy atom. The van der Waals surface area contributed by atoms with Crippen LogP contribution in [-0.2, 0) is 6.54 Å². The summed E-state index contributed by atoms with van der Waals surface area (Å²) in [6.07, 6.45) is 2.50. The maximum atomic E-state index is 10.8. The second-order valence-electron chi connectivity index (χ2n) is 5.61. The van der Waals surface area contributed by atoms with Gasteiger partial charge in [-0.05, 0) is 17.7 Å². The Hall–Kier alpha value is -2.12. The fourth-order valence-corrected chi connectivity index (χ4v) is 3.65. The molecule has 0 aliphatic carbocycles. The molecule has 1 saturated heterocycles. The number of ether oxygens (including phenoxy) is 2. The molecule has 3 heterocycles. The number of fused-ring (bicyclic) bond motifs is 1. The third-order valence-electron chi connectivity index (χ3n) is 4.11. The number of aldehydes is 1. The summed E-state index contributed by atoms with van der Waals surface area (Å²) in [5.74, 6) is 1.67. The molecule has 0 bridgehead atoms. The topological polar surface area (TPSA) is 54.9 Å². The first-order chi connectivity index (χ1) is 11.3. The Kier molecular flexibility index (Phi) is 3.88. The van der Waals surface area contributed by atoms with E-state index in [-0.39, 0.29) is 0 Å². The van der Waals surface area contributed by atoms with Crippen LogP contribution in [0.5, 0.6) is 11.5 Å². The molecule has 0 radical (unpaired) electrons. The first-order valence-electron chi connectivity index (χ1n) is 7.59. The van der Waals surface area contributed by atoms with Crippen molar-refractivity contribution < 1.29 is 14.3 Å². The van der Waals surface area contributed by atoms with Crippen molar-refractivity contribution in [1.82, 2.24) is 9.88 Å². The minimum absolute atomic E-state index is 0.314. The predicted octanol–water partition coefficient (Wildman–Crippen LogP) is 2.01. The SMILES string of the molecule is O=Cc1cnc(N2CCN(Cc3ccc4c(c3)OCO4)CC2)s1. The van der Waals surface area contributed by atoms with Gasteiger partial charge in [0.15, 0.2) is 22.9 Å². The molecule has 6 nitrogen and oxygen atoms in total. The number of anilines is 1. The maximum Gasteiger partial charge on any atom is 0.231 e. The van der Waals surface area contributed by atoms with Crippen LogP contribution in [0, 0.1) is 0 Å². The quantitative estimate of drug-likeness (QED) is 0.799. The van der Waals surface area contributed by atoms with Crippen LogP contribution < -0.4 is 14.4 Å². The minimum atomic E-state index is 0.314. The smallest absolute Gasteiger partial charge is 0.231 e. The summed E-state index contributed by atoms with van der Waals surface area (Å²) in [6, 6.07) is 6.13. The van der Waals surface area contributed by atoms with Gasteiger partial charge < -0.3 is 14.4 Å². The Morgan fingerprint density at radius 1 is 1.17 bits per heavy atom. The summed E-state index contributed by atoms with van der Waals surface area (Å²) in [5.41, 5.74) is 1.24. The standard InChI is InChI=1S/C16H17N3O3S/c20-10-13-8-17-16(23-13)19-5-3-18(4-6-19)9-12-1-2-14-15(7-12)22-11-21-14/h1-2,7-8,10H,3-6,9,11H2. The zero-order valence-corrected chi connectivity index (χ0v) is 13.4. The third kappa shape index (κ3) is 3.02. The average Bonchev–Trinajstić information content (AvgIpc) is 3.24. The molecule has 4 rings (SSSR count). The van der Waals surface area contributed by atoms with Crippen LogP contribution >= 0.6 is 11.3 Å². The van der Waals surface area contributed by atoms with Crippen molar-refractivity contribution in [2.45, 2.75) is 6.54 Å². The van der Waals surface area contributed by atoms with Crippen LogP contribution in [-0.4, -0.2) is 49.1 Å². The van der Waals surface area contributed by atoms with Gasteiger partial charge in [-0.3, -0.25) is 9.69 Å². The van der Waals surface area contributed by atoms with Crippen LogP contribution in [0.2, 0.25) is 0 Å². The van der Waals surface area contributed by atoms with E-state index < -0.39 is 0 Å². The molecule has 2 aliphatic rings. The van der Waals surface area contributed by atoms with Crippen LogP contribution in [0.15, 0.2) is 24.4 Å². The van der Waals surface area contributed by atoms with Crippen molar-refractivity contribution in [1.29, 1.82) is 0 Å². The minimum Gasteiger partial charge on any atom is -0.454 e. The highest BCUT2D eigenvalue weighted by atomic mass is 32.1. The molecule has 0 amide bonds. The van der Waals surface area contributed by atoms with Gasteiger partial charge in [0.1, 0.15) is 0 Å². The van der Waals surface area contributed by atoms with Gasteiger partial charge in [0.25, 0.3) is 0 Å². The largest absolute Gasteiger partial charge is 0.454 e. The highest BCUT2D eigenvalue weighted by Crippen LogP contribution is 2.33. The zero-order valence-electron chi connectivity index (χ0n) is 12.6. The van der Waals surface area contributed by atoms with Crippen LogP contribution in [0.3, 0.4) is 0 Å². The molecule has 0 atom stereocenters. The lowest BCUT2D eigenvalue weighted by atomic mass is 10.1. The van der Waals surface area contributed by atoms with Gasteiger partial charge in [-0.25, -0.2) is 4.98 Å². The fraction of sp³-hybridized carbons (Fsp3) is 0.375. The molecule has 1 aromatic heterocycles. The molecule has 1 fully saturated rings. The van der Waals surface area contributed by atoms with Gasteiger partial charge >= 0.3 is 0 Å². The molecule has 1 aromatic carbocycles. The molecule has 0 N–H and O–H groups in total. The molecule has 120 valence electrons. The Bertz CT molecular complexity index is 710. The molecule has 2 aliphatic heterocycles. The van der Waals surface area contributed by atoms with E-state index in [9.17, 15) is 4.79 Å². The number of thiazole rings is 1. The fourth-order valence-electron chi connectivity index (χ4n) is 2.87. The van der Waals surface area contributed by atoms with Gasteiger partial charge in [0.2, 0.25) is 6.79 Å². The van der Waals surface area contributed by atoms with Crippen LogP contribution in [0.1, 0.15) is 15.2 Å². The van der Waals surface area contributed by atoms with Crippen molar-refractivity contribution in [2.24, 2.45) is 0 Å². The number of benzene rings is 1. The molecule has 0 spiro atoms. The number of piperazine rings is 1. The summed E-state index contributed by atoms with van der Waals surface area (Å²) < 4.78 is 10.8. The molecular weight excluding hydrogens is 314 g/mol. The number of hydrogen-bond donors (Lipinski definition) is 0. The van der Waals surface area contributed by atoms with Gasteiger partial charge in [-0.1, -0.05) is 17.4 Å². The van der Waals surface area contributed by atoms with E-state index in [0.29, 0.717) is 11.7 Å². The maximum absolute atomic E-state index is 10.8. The highest BCUT2D eigenvalue weighted by Gasteiger charge is 2.20. The van der Waals surface area contributed by atoms with Crippen molar-refractivity contribution >= 4 is 22.8 Å². The van der Waals surface area contributed by atoms with E-state index in [1.165, 1.54) is 16.9 Å². The lowest BCUT2D eigenvalue weighted by Gasteiger charge is -2.34. The van der Waals surface area contributed by atoms with Gasteiger partial charge in [0, 0.05) is 32.7 Å². The van der Waals surface area contributed by atoms with E-state index in [4.69, 9.17) is 9.47 Å². The van der Waals surface area contributed by atoms with E-state index in [0.717, 1.165) is 55.6 Å². The van der Waals surface area contributed by atoms with Crippen molar-refractivity contribution in [2.75, 3.05) is 37.9 Å². The molecule has 23 heavy (non-hydrogen) atoms. The average molecular weight is 331 g/mol. The number of carbonyl (C=O) groups is 1. The van der Waals surface area contributed by atoms with Crippen molar-refractivity contribution in [3.8, 4) is 11.5 Å². The molecule has 0 saturated carbocycles. The second kappa shape index (κ2) is 6.17. The van der Waals surface area contributed by atoms with Gasteiger partial charge in [-0.2, -0.15) is 0 Å². The van der Waals surface area contributed by atoms with E-state index in [1.54, 1.807) is 6.20 Å². The summed E-state index contributed by atoms with van der Waals surface area (Å²) >= 11 is 1.46. The summed E-state index contributed by atoms with van der Waals surface area (Å²) in [7, 11) is 0. The van der Waals surface area contributed by atoms with Gasteiger partial charge in [0.05, 0.1) is 11.1 Å². The van der Waals surface area contributed by atoms with Crippen LogP contribution in [0.4, 0.5) is 5.13 Å². The number of carbonyl (C=O) groups excluding carboxylic acids is 1. The monoisotopic (exact) mass is 331 g/mol. The lowest BCUT2D eigenvalue weighted by Crippen LogP contribution is -2.45. The first kappa shape index (κ1) is 14.5. The van der Waals surface area contributed by atoms with Crippen molar-refractivity contribution in [3.05, 3.63) is 34.8 Å². The summed E-state index contributed by atoms with van der Waals surface area (Å²) in [6.45, 7) is 5.03. The Labute approximate surface area is 138 Å². The van der Waals surface area contributed by atoms with E-state index in [2.05, 4.69) is 26.9 Å². The van der Waals surface area contributed by atoms with Crippen molar-refractivity contribution in [3.63, 3.8) is 0 Å². The Morgan fingerprint density at radius 3 is 2.78 bits per heavy atom. The molecular formula is C16H17N3O3S. The van der Waals surface area contributed by atoms with Gasteiger partial charge in [-0.15, -0.1) is 0 Å². The lowest BCUT2D eigenvalue weighted by molar-refractivity contribution is 0.112. The second-order valence-corrected chi connectivity index (χ2v) is 6.65. The molecule has 0 unspecified atom stereocenters. The van der Waals surface area contributed by atoms with Crippen LogP contribution in [0.25, 0.3) is 0 Å². The number of nitrogens with zero attached hydrogens (tertiary/aromatic N) is 3. The molecule has 7 heteroatoms. The Balaban J connectivity index is 1.35. The van der Waals surface area contributed by atoms with E-state index >= 15 is 0 Å². The number of hydrogen-bond acceptors (Lipinski definition) is 7. The number of rotatable bonds is 4. The third-order valence-corrected chi connectivity index (χ3v) is 5.10. The summed E-state index contributed by atoms with van der Waals surface area (Å²) in [4.78, 5) is 20.4. The van der Waals surface area contributed by atoms with E-state index in [1.807, 2.05) is 6.07 Å². The number of aromatic nitrogens is 1.